The van der Waals surface area contributed by atoms with Gasteiger partial charge in [-0.1, -0.05) is 23.2 Å². The second kappa shape index (κ2) is 7.01. The van der Waals surface area contributed by atoms with Gasteiger partial charge in [0.25, 0.3) is 0 Å². The van der Waals surface area contributed by atoms with Gasteiger partial charge in [0.05, 0.1) is 45.7 Å². The van der Waals surface area contributed by atoms with Crippen molar-refractivity contribution in [2.45, 2.75) is 6.54 Å². The molecular weight excluding hydrogens is 479 g/mol. The van der Waals surface area contributed by atoms with Crippen molar-refractivity contribution in [3.05, 3.63) is 57.4 Å². The highest BCUT2D eigenvalue weighted by atomic mass is 79.9. The molecule has 0 saturated heterocycles. The number of rotatable bonds is 4. The van der Waals surface area contributed by atoms with Crippen molar-refractivity contribution in [3.63, 3.8) is 0 Å². The average molecular weight is 492 g/mol. The smallest absolute Gasteiger partial charge is 0.180 e. The number of anilines is 1. The Hall–Kier alpha value is -2.62. The molecule has 8 nitrogen and oxygen atoms in total. The van der Waals surface area contributed by atoms with E-state index >= 15 is 0 Å². The van der Waals surface area contributed by atoms with Crippen LogP contribution in [0.2, 0.25) is 10.0 Å². The summed E-state index contributed by atoms with van der Waals surface area (Å²) in [6, 6.07) is 3.50. The molecule has 5 rings (SSSR count). The Morgan fingerprint density at radius 2 is 1.97 bits per heavy atom. The molecule has 0 aliphatic carbocycles. The number of imidazole rings is 2. The van der Waals surface area contributed by atoms with Crippen molar-refractivity contribution < 1.29 is 0 Å². The van der Waals surface area contributed by atoms with E-state index in [1.54, 1.807) is 29.2 Å². The maximum Gasteiger partial charge on any atom is 0.180 e. The van der Waals surface area contributed by atoms with E-state index in [9.17, 15) is 0 Å². The summed E-state index contributed by atoms with van der Waals surface area (Å²) >= 11 is 15.6. The van der Waals surface area contributed by atoms with Crippen LogP contribution in [0.3, 0.4) is 0 Å². The second-order valence-electron chi connectivity index (χ2n) is 6.47. The van der Waals surface area contributed by atoms with E-state index in [1.807, 2.05) is 23.8 Å². The Morgan fingerprint density at radius 1 is 1.14 bits per heavy atom. The first-order valence-electron chi connectivity index (χ1n) is 8.58. The summed E-state index contributed by atoms with van der Waals surface area (Å²) in [6.07, 6.45) is 7.42. The Morgan fingerprint density at radius 3 is 2.76 bits per heavy atom. The first-order valence-corrected chi connectivity index (χ1v) is 10.1. The van der Waals surface area contributed by atoms with Crippen molar-refractivity contribution in [3.8, 4) is 11.3 Å². The standard InChI is InChI=1S/C18H13BrCl2N8/c1-28-7-9(4-24-28)14-5-23-18-17(27-15(19)8-29(14)18)22-6-16-25-12-2-10(20)11(21)3-13(12)26-16/h2-5,7-8H,6H2,1H3,(H,22,27)(H,25,26). The van der Waals surface area contributed by atoms with Gasteiger partial charge in [-0.05, 0) is 28.1 Å². The third-order valence-corrected chi connectivity index (χ3v) is 5.56. The summed E-state index contributed by atoms with van der Waals surface area (Å²) in [5.41, 5.74) is 4.17. The number of hydrogen-bond acceptors (Lipinski definition) is 5. The zero-order chi connectivity index (χ0) is 20.1. The highest BCUT2D eigenvalue weighted by Crippen LogP contribution is 2.28. The predicted molar refractivity (Wildman–Crippen MR) is 116 cm³/mol. The van der Waals surface area contributed by atoms with Crippen molar-refractivity contribution in [2.75, 3.05) is 5.32 Å². The van der Waals surface area contributed by atoms with Crippen LogP contribution in [0.5, 0.6) is 0 Å². The van der Waals surface area contributed by atoms with Gasteiger partial charge in [-0.25, -0.2) is 15.0 Å². The molecule has 0 aliphatic heterocycles. The van der Waals surface area contributed by atoms with Crippen molar-refractivity contribution in [1.29, 1.82) is 0 Å². The van der Waals surface area contributed by atoms with Gasteiger partial charge in [-0.2, -0.15) is 5.10 Å². The maximum absolute atomic E-state index is 6.08. The molecule has 0 spiro atoms. The van der Waals surface area contributed by atoms with Gasteiger partial charge in [0.15, 0.2) is 11.5 Å². The third-order valence-electron chi connectivity index (χ3n) is 4.46. The highest BCUT2D eigenvalue weighted by molar-refractivity contribution is 9.10. The Labute approximate surface area is 183 Å². The molecule has 0 unspecified atom stereocenters. The minimum atomic E-state index is 0.429. The zero-order valence-corrected chi connectivity index (χ0v) is 18.1. The quantitative estimate of drug-likeness (QED) is 0.380. The summed E-state index contributed by atoms with van der Waals surface area (Å²) in [6.45, 7) is 0.429. The lowest BCUT2D eigenvalue weighted by atomic mass is 10.3. The van der Waals surface area contributed by atoms with Gasteiger partial charge in [-0.15, -0.1) is 0 Å². The van der Waals surface area contributed by atoms with Crippen LogP contribution in [0.1, 0.15) is 5.82 Å². The molecular formula is C18H13BrCl2N8. The Balaban J connectivity index is 1.48. The van der Waals surface area contributed by atoms with Crippen LogP contribution >= 0.6 is 39.1 Å². The van der Waals surface area contributed by atoms with Gasteiger partial charge in [0.2, 0.25) is 0 Å². The number of aromatic nitrogens is 7. The van der Waals surface area contributed by atoms with Crippen molar-refractivity contribution in [2.24, 2.45) is 7.05 Å². The van der Waals surface area contributed by atoms with Gasteiger partial charge < -0.3 is 10.3 Å². The van der Waals surface area contributed by atoms with E-state index in [0.717, 1.165) is 28.1 Å². The SMILES string of the molecule is Cn1cc(-c2cnc3c(NCc4nc5cc(Cl)c(Cl)cc5[nH]4)nc(Br)cn23)cn1. The molecule has 2 N–H and O–H groups in total. The fraction of sp³-hybridized carbons (Fsp3) is 0.111. The summed E-state index contributed by atoms with van der Waals surface area (Å²) in [4.78, 5) is 16.9. The number of halogens is 3. The predicted octanol–water partition coefficient (Wildman–Crippen LogP) is 4.69. The van der Waals surface area contributed by atoms with E-state index in [4.69, 9.17) is 23.2 Å². The van der Waals surface area contributed by atoms with Crippen LogP contribution in [0.15, 0.2) is 41.5 Å². The van der Waals surface area contributed by atoms with Crippen LogP contribution in [-0.2, 0) is 13.6 Å². The number of aryl methyl sites for hydroxylation is 1. The summed E-state index contributed by atoms with van der Waals surface area (Å²) in [5.74, 6) is 1.36. The number of H-pyrrole nitrogens is 1. The molecule has 0 saturated carbocycles. The normalized spacial score (nSPS) is 11.6. The molecule has 11 heteroatoms. The van der Waals surface area contributed by atoms with Crippen molar-refractivity contribution in [1.82, 2.24) is 34.1 Å². The van der Waals surface area contributed by atoms with Gasteiger partial charge >= 0.3 is 0 Å². The molecule has 0 radical (unpaired) electrons. The number of fused-ring (bicyclic) bond motifs is 2. The molecule has 4 heterocycles. The molecule has 4 aromatic heterocycles. The minimum absolute atomic E-state index is 0.429. The molecule has 0 atom stereocenters. The van der Waals surface area contributed by atoms with E-state index in [1.165, 1.54) is 0 Å². The van der Waals surface area contributed by atoms with Crippen molar-refractivity contribution >= 4 is 61.6 Å². The summed E-state index contributed by atoms with van der Waals surface area (Å²) in [7, 11) is 1.88. The van der Waals surface area contributed by atoms with E-state index < -0.39 is 0 Å². The van der Waals surface area contributed by atoms with E-state index in [-0.39, 0.29) is 0 Å². The molecule has 0 bridgehead atoms. The van der Waals surface area contributed by atoms with Crippen LogP contribution < -0.4 is 5.32 Å². The lowest BCUT2D eigenvalue weighted by Crippen LogP contribution is -2.05. The van der Waals surface area contributed by atoms with Crippen LogP contribution in [-0.4, -0.2) is 34.1 Å². The Kier molecular flexibility index (Phi) is 4.45. The fourth-order valence-corrected chi connectivity index (χ4v) is 3.86. The van der Waals surface area contributed by atoms with Crippen LogP contribution in [0, 0.1) is 0 Å². The average Bonchev–Trinajstić information content (AvgIpc) is 3.38. The third kappa shape index (κ3) is 3.35. The van der Waals surface area contributed by atoms with Gasteiger partial charge in [-0.3, -0.25) is 9.08 Å². The summed E-state index contributed by atoms with van der Waals surface area (Å²) in [5, 5.41) is 8.49. The first kappa shape index (κ1) is 18.4. The number of aromatic amines is 1. The zero-order valence-electron chi connectivity index (χ0n) is 15.0. The monoisotopic (exact) mass is 490 g/mol. The molecule has 1 aromatic carbocycles. The number of nitrogens with one attached hydrogen (secondary N) is 2. The minimum Gasteiger partial charge on any atom is -0.360 e. The fourth-order valence-electron chi connectivity index (χ4n) is 3.15. The largest absolute Gasteiger partial charge is 0.360 e. The molecule has 0 amide bonds. The van der Waals surface area contributed by atoms with Crippen LogP contribution in [0.4, 0.5) is 5.82 Å². The number of hydrogen-bond donors (Lipinski definition) is 2. The van der Waals surface area contributed by atoms with E-state index in [2.05, 4.69) is 46.3 Å². The summed E-state index contributed by atoms with van der Waals surface area (Å²) < 4.78 is 4.40. The van der Waals surface area contributed by atoms with Gasteiger partial charge in [0, 0.05) is 25.0 Å². The molecule has 146 valence electrons. The molecule has 0 fully saturated rings. The maximum atomic E-state index is 6.08. The highest BCUT2D eigenvalue weighted by Gasteiger charge is 2.14. The number of benzene rings is 1. The Bertz CT molecular complexity index is 1330. The lowest BCUT2D eigenvalue weighted by Gasteiger charge is -2.07. The van der Waals surface area contributed by atoms with Crippen LogP contribution in [0.25, 0.3) is 27.9 Å². The number of nitrogens with zero attached hydrogens (tertiary/aromatic N) is 6. The molecule has 5 aromatic rings. The topological polar surface area (TPSA) is 88.7 Å². The molecule has 0 aliphatic rings. The second-order valence-corrected chi connectivity index (χ2v) is 8.10. The molecule has 29 heavy (non-hydrogen) atoms. The van der Waals surface area contributed by atoms with E-state index in [0.29, 0.717) is 32.7 Å². The lowest BCUT2D eigenvalue weighted by molar-refractivity contribution is 0.768. The van der Waals surface area contributed by atoms with Gasteiger partial charge in [0.1, 0.15) is 10.4 Å². The first-order chi connectivity index (χ1) is 14.0.